The number of aliphatic hydroxyl groups excluding tert-OH is 1. The summed E-state index contributed by atoms with van der Waals surface area (Å²) in [5.41, 5.74) is 9.27. The van der Waals surface area contributed by atoms with Crippen molar-refractivity contribution in [3.05, 3.63) is 89.5 Å². The Morgan fingerprint density at radius 3 is 2.33 bits per heavy atom. The molecule has 0 saturated heterocycles. The van der Waals surface area contributed by atoms with Crippen LogP contribution in [-0.2, 0) is 11.2 Å². The van der Waals surface area contributed by atoms with Crippen molar-refractivity contribution in [2.45, 2.75) is 37.8 Å². The molecule has 5 rings (SSSR count). The van der Waals surface area contributed by atoms with Crippen LogP contribution in [-0.4, -0.2) is 29.4 Å². The van der Waals surface area contributed by atoms with E-state index < -0.39 is 12.1 Å². The summed E-state index contributed by atoms with van der Waals surface area (Å²) in [6.07, 6.45) is 0.417. The Hall–Kier alpha value is -3.41. The summed E-state index contributed by atoms with van der Waals surface area (Å²) < 4.78 is 5.17. The van der Waals surface area contributed by atoms with E-state index in [2.05, 4.69) is 24.3 Å². The molecule has 5 heteroatoms. The van der Waals surface area contributed by atoms with Crippen LogP contribution in [0, 0.1) is 0 Å². The fourth-order valence-electron chi connectivity index (χ4n) is 4.41. The molecule has 5 nitrogen and oxygen atoms in total. The van der Waals surface area contributed by atoms with Crippen molar-refractivity contribution in [1.29, 1.82) is 0 Å². The largest absolute Gasteiger partial charge is 0.497 e. The van der Waals surface area contributed by atoms with Crippen molar-refractivity contribution < 1.29 is 19.7 Å². The second kappa shape index (κ2) is 9.61. The lowest BCUT2D eigenvalue weighted by molar-refractivity contribution is -0.137. The van der Waals surface area contributed by atoms with Crippen LogP contribution in [0.1, 0.15) is 42.0 Å². The summed E-state index contributed by atoms with van der Waals surface area (Å²) in [5.74, 6) is 0.0835. The number of methoxy groups -OCH3 is 1. The maximum Gasteiger partial charge on any atom is 0.303 e. The van der Waals surface area contributed by atoms with E-state index >= 15 is 0 Å². The third kappa shape index (κ3) is 5.00. The van der Waals surface area contributed by atoms with Crippen LogP contribution < -0.4 is 10.5 Å². The first-order valence-corrected chi connectivity index (χ1v) is 11.1. The maximum atomic E-state index is 10.7. The van der Waals surface area contributed by atoms with Gasteiger partial charge in [-0.3, -0.25) is 4.79 Å². The second-order valence-electron chi connectivity index (χ2n) is 8.67. The van der Waals surface area contributed by atoms with E-state index in [9.17, 15) is 9.90 Å². The molecule has 0 fully saturated rings. The summed E-state index contributed by atoms with van der Waals surface area (Å²) in [4.78, 5) is 10.7. The first-order valence-electron chi connectivity index (χ1n) is 11.1. The van der Waals surface area contributed by atoms with Gasteiger partial charge in [0.2, 0.25) is 0 Å². The van der Waals surface area contributed by atoms with E-state index in [0.717, 1.165) is 27.6 Å². The molecule has 33 heavy (non-hydrogen) atoms. The number of aliphatic carboxylic acids is 1. The zero-order valence-corrected chi connectivity index (χ0v) is 18.9. The summed E-state index contributed by atoms with van der Waals surface area (Å²) in [5, 5.41) is 23.1. The highest BCUT2D eigenvalue weighted by Crippen LogP contribution is 2.33. The maximum absolute atomic E-state index is 10.7. The highest BCUT2D eigenvalue weighted by Gasteiger charge is 2.27. The lowest BCUT2D eigenvalue weighted by Gasteiger charge is -2.10. The van der Waals surface area contributed by atoms with Crippen molar-refractivity contribution in [1.82, 2.24) is 0 Å². The molecule has 4 aromatic rings. The first kappa shape index (κ1) is 22.8. The zero-order valence-electron chi connectivity index (χ0n) is 18.9. The molecule has 0 amide bonds. The minimum Gasteiger partial charge on any atom is -0.497 e. The molecule has 1 aliphatic carbocycles. The van der Waals surface area contributed by atoms with Gasteiger partial charge in [-0.25, -0.2) is 0 Å². The highest BCUT2D eigenvalue weighted by molar-refractivity contribution is 5.85. The molecule has 0 spiro atoms. The number of fused-ring (bicyclic) bond motifs is 3. The van der Waals surface area contributed by atoms with Gasteiger partial charge in [-0.15, -0.1) is 0 Å². The molecule has 0 radical (unpaired) electrons. The lowest BCUT2D eigenvalue weighted by Crippen LogP contribution is -2.21. The number of hydrogen-bond donors (Lipinski definition) is 3. The van der Waals surface area contributed by atoms with Crippen LogP contribution in [0.15, 0.2) is 72.8 Å². The lowest BCUT2D eigenvalue weighted by atomic mass is 9.95. The molecule has 1 aliphatic rings. The van der Waals surface area contributed by atoms with Crippen molar-refractivity contribution in [2.24, 2.45) is 5.73 Å². The van der Waals surface area contributed by atoms with Crippen LogP contribution in [0.2, 0.25) is 0 Å². The molecule has 0 saturated carbocycles. The van der Waals surface area contributed by atoms with Crippen LogP contribution in [0.4, 0.5) is 0 Å². The number of rotatable bonds is 4. The van der Waals surface area contributed by atoms with E-state index in [1.165, 1.54) is 16.3 Å². The molecule has 0 aromatic heterocycles. The van der Waals surface area contributed by atoms with Gasteiger partial charge < -0.3 is 20.7 Å². The predicted molar refractivity (Wildman–Crippen MR) is 132 cm³/mol. The average molecular weight is 444 g/mol. The van der Waals surface area contributed by atoms with E-state index in [1.807, 2.05) is 55.5 Å². The van der Waals surface area contributed by atoms with Gasteiger partial charge in [-0.2, -0.15) is 0 Å². The van der Waals surface area contributed by atoms with E-state index in [0.29, 0.717) is 6.42 Å². The molecule has 0 unspecified atom stereocenters. The van der Waals surface area contributed by atoms with Gasteiger partial charge in [0, 0.05) is 6.42 Å². The quantitative estimate of drug-likeness (QED) is 0.404. The first-order chi connectivity index (χ1) is 15.9. The van der Waals surface area contributed by atoms with Crippen LogP contribution in [0.25, 0.3) is 21.5 Å². The fourth-order valence-corrected chi connectivity index (χ4v) is 4.41. The Labute approximate surface area is 193 Å². The minimum absolute atomic E-state index is 0.0222. The van der Waals surface area contributed by atoms with Gasteiger partial charge in [0.15, 0.2) is 0 Å². The third-order valence-electron chi connectivity index (χ3n) is 6.33. The van der Waals surface area contributed by atoms with Crippen molar-refractivity contribution >= 4 is 27.5 Å². The number of carboxylic acid groups (broad SMARTS) is 1. The van der Waals surface area contributed by atoms with Crippen LogP contribution in [0.3, 0.4) is 0 Å². The summed E-state index contributed by atoms with van der Waals surface area (Å²) in [6.45, 7) is 1.93. The second-order valence-corrected chi connectivity index (χ2v) is 8.67. The molecule has 4 N–H and O–H groups in total. The Morgan fingerprint density at radius 2 is 1.64 bits per heavy atom. The minimum atomic E-state index is -0.766. The van der Waals surface area contributed by atoms with Gasteiger partial charge in [-0.1, -0.05) is 61.5 Å². The van der Waals surface area contributed by atoms with Gasteiger partial charge in [0.25, 0.3) is 0 Å². The number of ether oxygens (including phenoxy) is 1. The number of aliphatic hydroxyl groups is 1. The summed E-state index contributed by atoms with van der Waals surface area (Å²) in [6, 6.07) is 24.1. The number of carbonyl (C=O) groups is 1. The third-order valence-corrected chi connectivity index (χ3v) is 6.33. The summed E-state index contributed by atoms with van der Waals surface area (Å²) in [7, 11) is 1.64. The Kier molecular flexibility index (Phi) is 6.63. The number of nitrogens with two attached hydrogens (primary N) is 1. The van der Waals surface area contributed by atoms with E-state index in [4.69, 9.17) is 15.6 Å². The molecular formula is C28H29NO4. The van der Waals surface area contributed by atoms with Crippen molar-refractivity contribution in [3.63, 3.8) is 0 Å². The molecule has 3 atom stereocenters. The average Bonchev–Trinajstić information content (AvgIpc) is 3.09. The normalized spacial score (nSPS) is 17.8. The Bertz CT molecular complexity index is 1300. The Morgan fingerprint density at radius 1 is 1.00 bits per heavy atom. The smallest absolute Gasteiger partial charge is 0.303 e. The van der Waals surface area contributed by atoms with Gasteiger partial charge in [0.05, 0.1) is 25.7 Å². The van der Waals surface area contributed by atoms with E-state index in [-0.39, 0.29) is 18.4 Å². The monoisotopic (exact) mass is 443 g/mol. The highest BCUT2D eigenvalue weighted by atomic mass is 16.5. The van der Waals surface area contributed by atoms with Crippen LogP contribution in [0.5, 0.6) is 5.75 Å². The fraction of sp³-hybridized carbons (Fsp3) is 0.250. The van der Waals surface area contributed by atoms with Gasteiger partial charge >= 0.3 is 5.97 Å². The molecule has 0 aliphatic heterocycles. The topological polar surface area (TPSA) is 92.8 Å². The molecule has 0 heterocycles. The molecule has 170 valence electrons. The number of carboxylic acids is 1. The van der Waals surface area contributed by atoms with E-state index in [1.54, 1.807) is 7.11 Å². The summed E-state index contributed by atoms with van der Waals surface area (Å²) >= 11 is 0. The molecule has 4 aromatic carbocycles. The van der Waals surface area contributed by atoms with Gasteiger partial charge in [-0.05, 0) is 62.4 Å². The molecular weight excluding hydrogens is 414 g/mol. The van der Waals surface area contributed by atoms with Crippen molar-refractivity contribution in [2.75, 3.05) is 7.11 Å². The van der Waals surface area contributed by atoms with Gasteiger partial charge in [0.1, 0.15) is 5.75 Å². The number of hydrogen-bond acceptors (Lipinski definition) is 4. The number of benzene rings is 4. The van der Waals surface area contributed by atoms with Crippen molar-refractivity contribution in [3.8, 4) is 5.75 Å². The molecule has 0 bridgehead atoms. The SMILES string of the molecule is COc1ccc2cc([C@@H](C)CC(=O)O)ccc2c1.N[C@@H]1c2cc3ccccc3cc2C[C@@H]1O. The van der Waals surface area contributed by atoms with Crippen LogP contribution >= 0.6 is 0 Å². The Balaban J connectivity index is 0.000000159. The zero-order chi connectivity index (χ0) is 23.5. The predicted octanol–water partition coefficient (Wildman–Crippen LogP) is 5.18. The standard InChI is InChI=1S/C15H16O3.C13H13NO/c1-10(7-15(16)17)11-3-4-13-9-14(18-2)6-5-12(13)8-11;14-13-11-6-9-4-2-1-3-8(9)5-10(11)7-12(13)15/h3-6,8-10H,7H2,1-2H3,(H,16,17);1-6,12-13,15H,7,14H2/t10-;12-,13+/m00/s1.